The van der Waals surface area contributed by atoms with Crippen molar-refractivity contribution in [1.82, 2.24) is 0 Å². The van der Waals surface area contributed by atoms with Crippen LogP contribution in [0.25, 0.3) is 0 Å². The summed E-state index contributed by atoms with van der Waals surface area (Å²) in [5.74, 6) is 0.201. The Kier molecular flexibility index (Phi) is 6.40. The zero-order chi connectivity index (χ0) is 14.7. The van der Waals surface area contributed by atoms with Crippen molar-refractivity contribution in [2.24, 2.45) is 0 Å². The fourth-order valence-corrected chi connectivity index (χ4v) is 1.20. The predicted octanol–water partition coefficient (Wildman–Crippen LogP) is 1.41. The molecule has 0 aliphatic carbocycles. The van der Waals surface area contributed by atoms with Crippen molar-refractivity contribution in [3.05, 3.63) is 24.3 Å². The molecule has 0 aliphatic rings. The molecule has 20 heavy (non-hydrogen) atoms. The number of ether oxygens (including phenoxy) is 2. The van der Waals surface area contributed by atoms with E-state index in [9.17, 15) is 26.4 Å². The first-order valence-corrected chi connectivity index (χ1v) is 5.93. The molecule has 0 saturated heterocycles. The van der Waals surface area contributed by atoms with Crippen LogP contribution in [0, 0.1) is 0 Å². The molecule has 108 valence electrons. The molecular formula is C9H8F3LiO6S. The van der Waals surface area contributed by atoms with Crippen LogP contribution in [-0.2, 0) is 14.3 Å². The van der Waals surface area contributed by atoms with E-state index in [1.54, 1.807) is 0 Å². The first-order chi connectivity index (χ1) is 8.65. The Morgan fingerprint density at radius 3 is 1.95 bits per heavy atom. The minimum absolute atomic E-state index is 0. The van der Waals surface area contributed by atoms with Gasteiger partial charge >= 0.3 is 40.6 Å². The zero-order valence-corrected chi connectivity index (χ0v) is 10.1. The van der Waals surface area contributed by atoms with Crippen LogP contribution in [0.4, 0.5) is 18.0 Å². The van der Waals surface area contributed by atoms with Gasteiger partial charge in [-0.2, -0.15) is 21.6 Å². The second-order valence-corrected chi connectivity index (χ2v) is 4.55. The van der Waals surface area contributed by atoms with Crippen LogP contribution in [0.5, 0.6) is 11.5 Å². The number of halogens is 3. The van der Waals surface area contributed by atoms with E-state index in [1.165, 1.54) is 31.4 Å². The molecule has 0 spiro atoms. The Balaban J connectivity index is 0.00000361. The van der Waals surface area contributed by atoms with Gasteiger partial charge in [-0.25, -0.2) is 4.79 Å². The van der Waals surface area contributed by atoms with Gasteiger partial charge in [0, 0.05) is 0 Å². The molecule has 6 nitrogen and oxygen atoms in total. The minimum atomic E-state index is -6.03. The average molecular weight is 308 g/mol. The number of carbonyl (C=O) groups is 1. The number of carbonyl (C=O) groups excluding carboxylic acids is 1. The summed E-state index contributed by atoms with van der Waals surface area (Å²) in [4.78, 5) is 10.9. The van der Waals surface area contributed by atoms with Crippen molar-refractivity contribution in [2.45, 2.75) is 5.51 Å². The summed E-state index contributed by atoms with van der Waals surface area (Å²) in [5.41, 5.74) is -5.70. The molecule has 0 aliphatic heterocycles. The van der Waals surface area contributed by atoms with Crippen LogP contribution < -0.4 is 9.47 Å². The van der Waals surface area contributed by atoms with E-state index < -0.39 is 21.8 Å². The SMILES string of the molecule is COc1ccc(OC(=O)OS(=O)(=O)C(F)(F)F)cc1.[LiH]. The number of alkyl halides is 3. The van der Waals surface area contributed by atoms with E-state index in [-0.39, 0.29) is 24.6 Å². The molecule has 0 bridgehead atoms. The summed E-state index contributed by atoms with van der Waals surface area (Å²) in [6, 6.07) is 5.06. The molecule has 11 heteroatoms. The van der Waals surface area contributed by atoms with Gasteiger partial charge in [0.25, 0.3) is 0 Å². The van der Waals surface area contributed by atoms with Gasteiger partial charge in [0.15, 0.2) is 0 Å². The van der Waals surface area contributed by atoms with Crippen LogP contribution in [0.15, 0.2) is 24.3 Å². The van der Waals surface area contributed by atoms with E-state index in [0.29, 0.717) is 5.75 Å². The van der Waals surface area contributed by atoms with Gasteiger partial charge in [-0.15, -0.1) is 0 Å². The average Bonchev–Trinajstić information content (AvgIpc) is 2.27. The Hall–Kier alpha value is -1.37. The Labute approximate surface area is 124 Å². The van der Waals surface area contributed by atoms with Gasteiger partial charge in [-0.05, 0) is 24.3 Å². The maximum absolute atomic E-state index is 11.9. The molecule has 0 unspecified atom stereocenters. The molecule has 1 aromatic rings. The van der Waals surface area contributed by atoms with Crippen LogP contribution in [0.1, 0.15) is 0 Å². The van der Waals surface area contributed by atoms with Gasteiger partial charge in [0.1, 0.15) is 11.5 Å². The molecule has 0 atom stereocenters. The van der Waals surface area contributed by atoms with Gasteiger partial charge < -0.3 is 13.7 Å². The summed E-state index contributed by atoms with van der Waals surface area (Å²) in [5, 5.41) is 0. The molecule has 0 amide bonds. The molecule has 0 N–H and O–H groups in total. The Bertz CT molecular complexity index is 554. The first-order valence-electron chi connectivity index (χ1n) is 4.52. The molecule has 0 radical (unpaired) electrons. The number of benzene rings is 1. The predicted molar refractivity (Wildman–Crippen MR) is 62.2 cm³/mol. The molecule has 0 saturated carbocycles. The third-order valence-electron chi connectivity index (χ3n) is 1.72. The van der Waals surface area contributed by atoms with Crippen molar-refractivity contribution in [2.75, 3.05) is 7.11 Å². The molecular weight excluding hydrogens is 300 g/mol. The van der Waals surface area contributed by atoms with Gasteiger partial charge in [0.2, 0.25) is 0 Å². The molecule has 0 aromatic heterocycles. The number of hydrogen-bond acceptors (Lipinski definition) is 6. The van der Waals surface area contributed by atoms with Gasteiger partial charge in [0.05, 0.1) is 7.11 Å². The standard InChI is InChI=1S/C9H7F3O6S.Li.H/c1-16-6-2-4-7(5-3-6)17-8(13)18-19(14,15)9(10,11)12;;/h2-5H,1H3;;. The Morgan fingerprint density at radius 1 is 1.10 bits per heavy atom. The van der Waals surface area contributed by atoms with Crippen molar-refractivity contribution >= 4 is 35.1 Å². The third kappa shape index (κ3) is 4.95. The summed E-state index contributed by atoms with van der Waals surface area (Å²) < 4.78 is 68.9. The van der Waals surface area contributed by atoms with E-state index in [2.05, 4.69) is 8.92 Å². The van der Waals surface area contributed by atoms with Crippen molar-refractivity contribution < 1.29 is 40.0 Å². The summed E-state index contributed by atoms with van der Waals surface area (Å²) in [6.45, 7) is 0. The van der Waals surface area contributed by atoms with E-state index in [0.717, 1.165) is 0 Å². The van der Waals surface area contributed by atoms with Crippen LogP contribution in [0.2, 0.25) is 0 Å². The van der Waals surface area contributed by atoms with Gasteiger partial charge in [-0.3, -0.25) is 0 Å². The molecule has 1 aromatic carbocycles. The van der Waals surface area contributed by atoms with Crippen molar-refractivity contribution in [3.8, 4) is 11.5 Å². The zero-order valence-electron chi connectivity index (χ0n) is 9.30. The van der Waals surface area contributed by atoms with Crippen molar-refractivity contribution in [1.29, 1.82) is 0 Å². The summed E-state index contributed by atoms with van der Waals surface area (Å²) in [7, 11) is -4.65. The quantitative estimate of drug-likeness (QED) is 0.276. The van der Waals surface area contributed by atoms with E-state index >= 15 is 0 Å². The fourth-order valence-electron chi connectivity index (χ4n) is 0.894. The van der Waals surface area contributed by atoms with Crippen LogP contribution in [0.3, 0.4) is 0 Å². The molecule has 0 fully saturated rings. The van der Waals surface area contributed by atoms with Gasteiger partial charge in [-0.1, -0.05) is 0 Å². The third-order valence-corrected chi connectivity index (χ3v) is 2.64. The maximum atomic E-state index is 11.9. The second-order valence-electron chi connectivity index (χ2n) is 3.01. The molecule has 0 heterocycles. The fraction of sp³-hybridized carbons (Fsp3) is 0.222. The van der Waals surface area contributed by atoms with Crippen LogP contribution >= 0.6 is 0 Å². The number of rotatable bonds is 3. The Morgan fingerprint density at radius 2 is 1.55 bits per heavy atom. The topological polar surface area (TPSA) is 78.9 Å². The number of methoxy groups -OCH3 is 1. The first kappa shape index (κ1) is 18.6. The monoisotopic (exact) mass is 308 g/mol. The summed E-state index contributed by atoms with van der Waals surface area (Å²) >= 11 is 0. The normalized spacial score (nSPS) is 11.2. The van der Waals surface area contributed by atoms with Crippen molar-refractivity contribution in [3.63, 3.8) is 0 Å². The van der Waals surface area contributed by atoms with Crippen LogP contribution in [-0.4, -0.2) is 46.1 Å². The number of hydrogen-bond donors (Lipinski definition) is 0. The molecule has 1 rings (SSSR count). The summed E-state index contributed by atoms with van der Waals surface area (Å²) in [6.07, 6.45) is -2.01. The van der Waals surface area contributed by atoms with E-state index in [1.807, 2.05) is 0 Å². The second kappa shape index (κ2) is 6.87. The van der Waals surface area contributed by atoms with E-state index in [4.69, 9.17) is 4.74 Å².